The Bertz CT molecular complexity index is 1010. The number of aromatic nitrogens is 2. The number of hydrogen-bond acceptors (Lipinski definition) is 4. The fourth-order valence-electron chi connectivity index (χ4n) is 2.82. The molecule has 0 bridgehead atoms. The molecule has 29 heavy (non-hydrogen) atoms. The first-order valence-corrected chi connectivity index (χ1v) is 10.4. The molecule has 0 radical (unpaired) electrons. The van der Waals surface area contributed by atoms with Crippen molar-refractivity contribution in [3.05, 3.63) is 77.1 Å². The summed E-state index contributed by atoms with van der Waals surface area (Å²) in [4.78, 5) is 28.7. The van der Waals surface area contributed by atoms with Crippen LogP contribution in [0.3, 0.4) is 0 Å². The molecule has 150 valence electrons. The van der Waals surface area contributed by atoms with Crippen LogP contribution in [0.2, 0.25) is 0 Å². The van der Waals surface area contributed by atoms with Gasteiger partial charge in [-0.25, -0.2) is 4.98 Å². The molecular formula is C22H24N4O2S. The number of benzene rings is 2. The van der Waals surface area contributed by atoms with E-state index in [4.69, 9.17) is 0 Å². The number of nitrogens with one attached hydrogen (secondary N) is 2. The first-order valence-electron chi connectivity index (χ1n) is 9.40. The molecule has 1 aromatic heterocycles. The Kier molecular flexibility index (Phi) is 6.72. The number of rotatable bonds is 6. The highest BCUT2D eigenvalue weighted by Crippen LogP contribution is 2.23. The summed E-state index contributed by atoms with van der Waals surface area (Å²) < 4.78 is 1.97. The molecule has 0 atom stereocenters. The average molecular weight is 409 g/mol. The maximum atomic E-state index is 12.2. The summed E-state index contributed by atoms with van der Waals surface area (Å²) >= 11 is 1.31. The van der Waals surface area contributed by atoms with E-state index in [-0.39, 0.29) is 17.6 Å². The Morgan fingerprint density at radius 2 is 1.83 bits per heavy atom. The molecule has 7 heteroatoms. The molecule has 0 fully saturated rings. The molecule has 0 aliphatic carbocycles. The SMILES string of the molecule is CCc1ccc(C(=O)NNC(=O)CSc2nccn2-c2cc(C)ccc2C)cc1. The lowest BCUT2D eigenvalue weighted by molar-refractivity contribution is -0.119. The third-order valence-corrected chi connectivity index (χ3v) is 5.47. The molecule has 1 heterocycles. The van der Waals surface area contributed by atoms with Crippen molar-refractivity contribution in [1.29, 1.82) is 0 Å². The molecule has 0 aliphatic heterocycles. The Balaban J connectivity index is 1.55. The number of imidazole rings is 1. The third kappa shape index (κ3) is 5.26. The van der Waals surface area contributed by atoms with Crippen LogP contribution in [0, 0.1) is 13.8 Å². The lowest BCUT2D eigenvalue weighted by Gasteiger charge is -2.12. The highest BCUT2D eigenvalue weighted by molar-refractivity contribution is 7.99. The van der Waals surface area contributed by atoms with Gasteiger partial charge < -0.3 is 0 Å². The predicted molar refractivity (Wildman–Crippen MR) is 115 cm³/mol. The van der Waals surface area contributed by atoms with E-state index in [2.05, 4.69) is 41.0 Å². The summed E-state index contributed by atoms with van der Waals surface area (Å²) in [6.07, 6.45) is 4.50. The van der Waals surface area contributed by atoms with E-state index in [0.29, 0.717) is 5.56 Å². The van der Waals surface area contributed by atoms with Crippen molar-refractivity contribution in [2.24, 2.45) is 0 Å². The van der Waals surface area contributed by atoms with Gasteiger partial charge in [-0.1, -0.05) is 43.0 Å². The van der Waals surface area contributed by atoms with Crippen LogP contribution in [-0.4, -0.2) is 27.1 Å². The van der Waals surface area contributed by atoms with Crippen LogP contribution in [0.5, 0.6) is 0 Å². The molecule has 6 nitrogen and oxygen atoms in total. The average Bonchev–Trinajstić information content (AvgIpc) is 3.20. The van der Waals surface area contributed by atoms with Gasteiger partial charge in [0.2, 0.25) is 5.91 Å². The fourth-order valence-corrected chi connectivity index (χ4v) is 3.58. The van der Waals surface area contributed by atoms with E-state index < -0.39 is 0 Å². The Morgan fingerprint density at radius 3 is 2.55 bits per heavy atom. The highest BCUT2D eigenvalue weighted by atomic mass is 32.2. The molecule has 2 N–H and O–H groups in total. The standard InChI is InChI=1S/C22H24N4O2S/c1-4-17-7-9-18(10-8-17)21(28)25-24-20(27)14-29-22-23-11-12-26(22)19-13-15(2)5-6-16(19)3/h5-13H,4,14H2,1-3H3,(H,24,27)(H,25,28). The number of hydrazine groups is 1. The minimum absolute atomic E-state index is 0.136. The van der Waals surface area contributed by atoms with Crippen LogP contribution in [0.25, 0.3) is 5.69 Å². The van der Waals surface area contributed by atoms with Crippen molar-refractivity contribution in [3.8, 4) is 5.69 Å². The van der Waals surface area contributed by atoms with Crippen LogP contribution >= 0.6 is 11.8 Å². The zero-order valence-corrected chi connectivity index (χ0v) is 17.5. The van der Waals surface area contributed by atoms with Gasteiger partial charge in [-0.05, 0) is 55.2 Å². The van der Waals surface area contributed by atoms with Crippen molar-refractivity contribution in [2.45, 2.75) is 32.3 Å². The van der Waals surface area contributed by atoms with Gasteiger partial charge in [0, 0.05) is 18.0 Å². The van der Waals surface area contributed by atoms with E-state index in [1.807, 2.05) is 36.7 Å². The van der Waals surface area contributed by atoms with E-state index in [9.17, 15) is 9.59 Å². The summed E-state index contributed by atoms with van der Waals surface area (Å²) in [7, 11) is 0. The van der Waals surface area contributed by atoms with Crippen molar-refractivity contribution in [1.82, 2.24) is 20.4 Å². The zero-order chi connectivity index (χ0) is 20.8. The minimum Gasteiger partial charge on any atom is -0.295 e. The van der Waals surface area contributed by atoms with Gasteiger partial charge in [-0.15, -0.1) is 0 Å². The van der Waals surface area contributed by atoms with Crippen molar-refractivity contribution >= 4 is 23.6 Å². The first-order chi connectivity index (χ1) is 14.0. The van der Waals surface area contributed by atoms with Crippen molar-refractivity contribution in [2.75, 3.05) is 5.75 Å². The summed E-state index contributed by atoms with van der Waals surface area (Å²) in [6.45, 7) is 6.13. The van der Waals surface area contributed by atoms with Crippen LogP contribution in [0.4, 0.5) is 0 Å². The summed E-state index contributed by atoms with van der Waals surface area (Å²) in [6, 6.07) is 13.5. The molecule has 3 rings (SSSR count). The van der Waals surface area contributed by atoms with Crippen LogP contribution in [-0.2, 0) is 11.2 Å². The summed E-state index contributed by atoms with van der Waals surface area (Å²) in [5, 5.41) is 0.718. The van der Waals surface area contributed by atoms with Crippen molar-refractivity contribution in [3.63, 3.8) is 0 Å². The highest BCUT2D eigenvalue weighted by Gasteiger charge is 2.12. The second-order valence-electron chi connectivity index (χ2n) is 6.71. The maximum absolute atomic E-state index is 12.2. The monoisotopic (exact) mass is 408 g/mol. The number of hydrogen-bond donors (Lipinski definition) is 2. The second kappa shape index (κ2) is 9.43. The smallest absolute Gasteiger partial charge is 0.269 e. The number of thioether (sulfide) groups is 1. The number of aryl methyl sites for hydroxylation is 3. The number of carbonyl (C=O) groups is 2. The topological polar surface area (TPSA) is 76.0 Å². The maximum Gasteiger partial charge on any atom is 0.269 e. The van der Waals surface area contributed by atoms with Crippen molar-refractivity contribution < 1.29 is 9.59 Å². The molecule has 0 aliphatic rings. The van der Waals surface area contributed by atoms with Gasteiger partial charge in [-0.3, -0.25) is 25.0 Å². The molecule has 0 saturated heterocycles. The van der Waals surface area contributed by atoms with Gasteiger partial charge in [0.25, 0.3) is 5.91 Å². The zero-order valence-electron chi connectivity index (χ0n) is 16.7. The normalized spacial score (nSPS) is 10.6. The Morgan fingerprint density at radius 1 is 1.07 bits per heavy atom. The van der Waals surface area contributed by atoms with Gasteiger partial charge in [-0.2, -0.15) is 0 Å². The molecular weight excluding hydrogens is 384 g/mol. The second-order valence-corrected chi connectivity index (χ2v) is 7.65. The molecule has 0 saturated carbocycles. The van der Waals surface area contributed by atoms with E-state index in [0.717, 1.165) is 34.0 Å². The quantitative estimate of drug-likeness (QED) is 0.483. The van der Waals surface area contributed by atoms with E-state index in [1.54, 1.807) is 18.3 Å². The van der Waals surface area contributed by atoms with Crippen LogP contribution in [0.1, 0.15) is 34.0 Å². The summed E-state index contributed by atoms with van der Waals surface area (Å²) in [5.41, 5.74) is 9.88. The van der Waals surface area contributed by atoms with Gasteiger partial charge in [0.1, 0.15) is 0 Å². The predicted octanol–water partition coefficient (Wildman–Crippen LogP) is 3.60. The third-order valence-electron chi connectivity index (χ3n) is 4.50. The van der Waals surface area contributed by atoms with Gasteiger partial charge >= 0.3 is 0 Å². The summed E-state index contributed by atoms with van der Waals surface area (Å²) in [5.74, 6) is -0.511. The molecule has 3 aromatic rings. The van der Waals surface area contributed by atoms with E-state index >= 15 is 0 Å². The lowest BCUT2D eigenvalue weighted by atomic mass is 10.1. The fraction of sp³-hybridized carbons (Fsp3) is 0.227. The first kappa shape index (κ1) is 20.7. The van der Waals surface area contributed by atoms with Gasteiger partial charge in [0.05, 0.1) is 11.4 Å². The molecule has 0 spiro atoms. The number of nitrogens with zero attached hydrogens (tertiary/aromatic N) is 2. The number of carbonyl (C=O) groups excluding carboxylic acids is 2. The minimum atomic E-state index is -0.345. The Hall–Kier alpha value is -3.06. The van der Waals surface area contributed by atoms with Crippen LogP contribution in [0.15, 0.2) is 60.0 Å². The van der Waals surface area contributed by atoms with Gasteiger partial charge in [0.15, 0.2) is 5.16 Å². The van der Waals surface area contributed by atoms with E-state index in [1.165, 1.54) is 11.8 Å². The lowest BCUT2D eigenvalue weighted by Crippen LogP contribution is -2.42. The largest absolute Gasteiger partial charge is 0.295 e. The Labute approximate surface area is 174 Å². The molecule has 0 unspecified atom stereocenters. The molecule has 2 aromatic carbocycles. The molecule has 2 amide bonds. The van der Waals surface area contributed by atoms with Crippen LogP contribution < -0.4 is 10.9 Å². The number of amides is 2.